The van der Waals surface area contributed by atoms with Gasteiger partial charge in [-0.15, -0.1) is 0 Å². The molecule has 4 rings (SSSR count). The molecule has 4 aromatic rings. The van der Waals surface area contributed by atoms with Crippen LogP contribution in [0.25, 0.3) is 5.65 Å². The first-order valence-corrected chi connectivity index (χ1v) is 9.94. The predicted octanol–water partition coefficient (Wildman–Crippen LogP) is 4.37. The smallest absolute Gasteiger partial charge is 0.253 e. The van der Waals surface area contributed by atoms with Crippen LogP contribution in [0.3, 0.4) is 0 Å². The third-order valence-corrected chi connectivity index (χ3v) is 5.04. The van der Waals surface area contributed by atoms with Crippen LogP contribution < -0.4 is 4.74 Å². The van der Waals surface area contributed by atoms with E-state index in [4.69, 9.17) is 10.00 Å². The van der Waals surface area contributed by atoms with Crippen LogP contribution in [-0.4, -0.2) is 27.2 Å². The number of nitriles is 1. The zero-order chi connectivity index (χ0) is 21.8. The Morgan fingerprint density at radius 2 is 1.97 bits per heavy atom. The zero-order valence-corrected chi connectivity index (χ0v) is 17.4. The molecule has 0 N–H and O–H groups in total. The number of benzene rings is 2. The highest BCUT2D eigenvalue weighted by atomic mass is 16.5. The lowest BCUT2D eigenvalue weighted by atomic mass is 10.1. The fourth-order valence-corrected chi connectivity index (χ4v) is 3.43. The van der Waals surface area contributed by atoms with Gasteiger partial charge >= 0.3 is 0 Å². The number of fused-ring (bicyclic) bond motifs is 1. The number of pyridine rings is 1. The van der Waals surface area contributed by atoms with Crippen LogP contribution in [0.1, 0.15) is 32.7 Å². The van der Waals surface area contributed by atoms with E-state index in [1.165, 1.54) is 0 Å². The van der Waals surface area contributed by atoms with Gasteiger partial charge in [-0.3, -0.25) is 4.79 Å². The second kappa shape index (κ2) is 8.72. The normalized spacial score (nSPS) is 10.6. The Balaban J connectivity index is 1.38. The van der Waals surface area contributed by atoms with Crippen LogP contribution in [0.15, 0.2) is 73.1 Å². The van der Waals surface area contributed by atoms with E-state index in [-0.39, 0.29) is 5.91 Å². The maximum absolute atomic E-state index is 12.7. The lowest BCUT2D eigenvalue weighted by molar-refractivity contribution is 0.0785. The molecule has 0 atom stereocenters. The number of rotatable bonds is 6. The summed E-state index contributed by atoms with van der Waals surface area (Å²) >= 11 is 0. The van der Waals surface area contributed by atoms with Gasteiger partial charge in [0.2, 0.25) is 0 Å². The van der Waals surface area contributed by atoms with E-state index >= 15 is 0 Å². The van der Waals surface area contributed by atoms with E-state index in [1.54, 1.807) is 48.3 Å². The molecule has 0 radical (unpaired) electrons. The van der Waals surface area contributed by atoms with Crippen molar-refractivity contribution in [3.63, 3.8) is 0 Å². The largest absolute Gasteiger partial charge is 0.487 e. The molecule has 0 saturated carbocycles. The molecule has 0 spiro atoms. The Morgan fingerprint density at radius 1 is 1.16 bits per heavy atom. The van der Waals surface area contributed by atoms with Crippen molar-refractivity contribution in [1.82, 2.24) is 14.3 Å². The monoisotopic (exact) mass is 410 g/mol. The Labute approximate surface area is 181 Å². The summed E-state index contributed by atoms with van der Waals surface area (Å²) in [6.07, 6.45) is 3.92. The average Bonchev–Trinajstić information content (AvgIpc) is 3.22. The number of aryl methyl sites for hydroxylation is 1. The number of carbonyl (C=O) groups excluding carboxylic acids is 1. The summed E-state index contributed by atoms with van der Waals surface area (Å²) in [6, 6.07) is 20.5. The van der Waals surface area contributed by atoms with Crippen LogP contribution in [-0.2, 0) is 13.2 Å². The molecule has 31 heavy (non-hydrogen) atoms. The second-order valence-corrected chi connectivity index (χ2v) is 7.44. The van der Waals surface area contributed by atoms with Crippen LogP contribution in [0.5, 0.6) is 5.75 Å². The standard InChI is InChI=1S/C25H22N4O2/c1-18-5-4-12-29-16-22(27-24(18)29)17-31-23-10-8-21(9-11-23)25(30)28(2)15-20-7-3-6-19(13-20)14-26/h3-13,16H,15,17H2,1-2H3. The van der Waals surface area contributed by atoms with Gasteiger partial charge in [-0.2, -0.15) is 5.26 Å². The molecular weight excluding hydrogens is 388 g/mol. The van der Waals surface area contributed by atoms with Gasteiger partial charge < -0.3 is 14.0 Å². The minimum atomic E-state index is -0.0928. The fourth-order valence-electron chi connectivity index (χ4n) is 3.43. The van der Waals surface area contributed by atoms with Crippen molar-refractivity contribution in [2.24, 2.45) is 0 Å². The molecule has 0 saturated heterocycles. The molecule has 1 amide bonds. The summed E-state index contributed by atoms with van der Waals surface area (Å²) in [7, 11) is 1.75. The summed E-state index contributed by atoms with van der Waals surface area (Å²) in [4.78, 5) is 19.0. The molecule has 2 aromatic heterocycles. The van der Waals surface area contributed by atoms with Gasteiger partial charge in [0.1, 0.15) is 18.0 Å². The maximum Gasteiger partial charge on any atom is 0.253 e. The van der Waals surface area contributed by atoms with E-state index in [9.17, 15) is 4.79 Å². The topological polar surface area (TPSA) is 70.6 Å². The van der Waals surface area contributed by atoms with Crippen LogP contribution in [0.4, 0.5) is 0 Å². The third-order valence-electron chi connectivity index (χ3n) is 5.04. The van der Waals surface area contributed by atoms with E-state index in [1.807, 2.05) is 48.0 Å². The molecule has 2 heterocycles. The van der Waals surface area contributed by atoms with Crippen molar-refractivity contribution in [1.29, 1.82) is 5.26 Å². The Hall–Kier alpha value is -4.11. The van der Waals surface area contributed by atoms with Gasteiger partial charge in [0.05, 0.1) is 17.3 Å². The number of aromatic nitrogens is 2. The fraction of sp³-hybridized carbons (Fsp3) is 0.160. The molecule has 0 bridgehead atoms. The Morgan fingerprint density at radius 3 is 2.71 bits per heavy atom. The molecule has 0 aliphatic carbocycles. The van der Waals surface area contributed by atoms with Crippen molar-refractivity contribution in [2.75, 3.05) is 7.05 Å². The molecule has 0 aliphatic heterocycles. The maximum atomic E-state index is 12.7. The van der Waals surface area contributed by atoms with Crippen molar-refractivity contribution in [3.05, 3.63) is 101 Å². The van der Waals surface area contributed by atoms with Gasteiger partial charge in [0, 0.05) is 31.5 Å². The molecule has 0 fully saturated rings. The minimum absolute atomic E-state index is 0.0928. The molecular formula is C25H22N4O2. The van der Waals surface area contributed by atoms with Crippen molar-refractivity contribution < 1.29 is 9.53 Å². The van der Waals surface area contributed by atoms with Gasteiger partial charge in [0.25, 0.3) is 5.91 Å². The SMILES string of the molecule is Cc1cccn2cc(COc3ccc(C(=O)N(C)Cc4cccc(C#N)c4)cc3)nc12. The highest BCUT2D eigenvalue weighted by Crippen LogP contribution is 2.17. The van der Waals surface area contributed by atoms with Gasteiger partial charge in [0.15, 0.2) is 0 Å². The highest BCUT2D eigenvalue weighted by Gasteiger charge is 2.13. The predicted molar refractivity (Wildman–Crippen MR) is 118 cm³/mol. The molecule has 0 unspecified atom stereocenters. The quantitative estimate of drug-likeness (QED) is 0.473. The lowest BCUT2D eigenvalue weighted by Crippen LogP contribution is -2.26. The molecule has 6 heteroatoms. The number of imidazole rings is 1. The van der Waals surface area contributed by atoms with E-state index in [0.717, 1.165) is 22.5 Å². The van der Waals surface area contributed by atoms with E-state index in [0.29, 0.717) is 30.0 Å². The molecule has 154 valence electrons. The summed E-state index contributed by atoms with van der Waals surface area (Å²) < 4.78 is 7.83. The zero-order valence-electron chi connectivity index (χ0n) is 17.4. The number of nitrogens with zero attached hydrogens (tertiary/aromatic N) is 4. The van der Waals surface area contributed by atoms with E-state index in [2.05, 4.69) is 11.1 Å². The van der Waals surface area contributed by atoms with Crippen molar-refractivity contribution >= 4 is 11.6 Å². The van der Waals surface area contributed by atoms with Crippen molar-refractivity contribution in [2.45, 2.75) is 20.1 Å². The molecule has 6 nitrogen and oxygen atoms in total. The summed E-state index contributed by atoms with van der Waals surface area (Å²) in [5.41, 5.74) is 4.95. The molecule has 2 aromatic carbocycles. The highest BCUT2D eigenvalue weighted by molar-refractivity contribution is 5.94. The van der Waals surface area contributed by atoms with Crippen LogP contribution in [0.2, 0.25) is 0 Å². The first-order valence-electron chi connectivity index (χ1n) is 9.94. The van der Waals surface area contributed by atoms with Gasteiger partial charge in [-0.1, -0.05) is 18.2 Å². The van der Waals surface area contributed by atoms with Crippen molar-refractivity contribution in [3.8, 4) is 11.8 Å². The summed E-state index contributed by atoms with van der Waals surface area (Å²) in [6.45, 7) is 2.81. The first-order chi connectivity index (χ1) is 15.0. The van der Waals surface area contributed by atoms with Gasteiger partial charge in [-0.25, -0.2) is 4.98 Å². The van der Waals surface area contributed by atoms with Gasteiger partial charge in [-0.05, 0) is 60.5 Å². The van der Waals surface area contributed by atoms with E-state index < -0.39 is 0 Å². The number of amides is 1. The second-order valence-electron chi connectivity index (χ2n) is 7.44. The Bertz CT molecular complexity index is 1270. The number of carbonyl (C=O) groups is 1. The third kappa shape index (κ3) is 4.57. The number of hydrogen-bond donors (Lipinski definition) is 0. The van der Waals surface area contributed by atoms with Crippen LogP contribution >= 0.6 is 0 Å². The number of ether oxygens (including phenoxy) is 1. The first kappa shape index (κ1) is 20.2. The summed E-state index contributed by atoms with van der Waals surface area (Å²) in [5.74, 6) is 0.583. The van der Waals surface area contributed by atoms with Crippen LogP contribution in [0, 0.1) is 18.3 Å². The summed E-state index contributed by atoms with van der Waals surface area (Å²) in [5, 5.41) is 9.03. The molecule has 0 aliphatic rings. The average molecular weight is 410 g/mol. The Kier molecular flexibility index (Phi) is 5.67. The lowest BCUT2D eigenvalue weighted by Gasteiger charge is -2.17. The minimum Gasteiger partial charge on any atom is -0.487 e. The number of hydrogen-bond acceptors (Lipinski definition) is 4.